The maximum atomic E-state index is 3.87. The maximum Gasteiger partial charge on any atom is 0.0600 e. The average Bonchev–Trinajstić information content (AvgIpc) is 2.99. The van der Waals surface area contributed by atoms with Gasteiger partial charge in [-0.3, -0.25) is 0 Å². The van der Waals surface area contributed by atoms with Crippen LogP contribution in [0.2, 0.25) is 0 Å². The van der Waals surface area contributed by atoms with Crippen molar-refractivity contribution >= 4 is 16.6 Å². The van der Waals surface area contributed by atoms with E-state index in [1.807, 2.05) is 0 Å². The van der Waals surface area contributed by atoms with Crippen LogP contribution in [0.5, 0.6) is 0 Å². The summed E-state index contributed by atoms with van der Waals surface area (Å²) >= 11 is 0. The van der Waals surface area contributed by atoms with Crippen LogP contribution in [0, 0.1) is 6.92 Å². The Balaban J connectivity index is 2.03. The van der Waals surface area contributed by atoms with E-state index in [1.165, 1.54) is 33.4 Å². The highest BCUT2D eigenvalue weighted by molar-refractivity contribution is 5.86. The molecule has 3 aromatic rings. The van der Waals surface area contributed by atoms with Crippen LogP contribution >= 0.6 is 0 Å². The van der Waals surface area contributed by atoms with Crippen molar-refractivity contribution in [2.45, 2.75) is 32.9 Å². The summed E-state index contributed by atoms with van der Waals surface area (Å²) in [6.45, 7) is 7.56. The Hall–Kier alpha value is -2.30. The Morgan fingerprint density at radius 3 is 2.28 bits per heavy atom. The number of nitrogens with one attached hydrogen (secondary N) is 1. The van der Waals surface area contributed by atoms with E-state index < -0.39 is 0 Å². The molecule has 1 unspecified atom stereocenters. The van der Waals surface area contributed by atoms with E-state index in [1.54, 1.807) is 0 Å². The Morgan fingerprint density at radius 1 is 0.966 bits per heavy atom. The highest BCUT2D eigenvalue weighted by Crippen LogP contribution is 2.34. The third-order valence-electron chi connectivity index (χ3n) is 5.76. The second-order valence-electron chi connectivity index (χ2n) is 8.29. The van der Waals surface area contributed by atoms with Gasteiger partial charge in [0.05, 0.1) is 6.04 Å². The van der Waals surface area contributed by atoms with E-state index in [-0.39, 0.29) is 6.04 Å². The standard InChI is InChI=1S/C25H36N4/c1-7-29-19(2)24(22-11-8-9-12-23(22)29)25(26-17-10-18-27(3)4)20-13-15-21(16-14-20)28(5)6/h8-9,11-16,25-26H,7,10,17-18H2,1-6H3. The predicted octanol–water partition coefficient (Wildman–Crippen LogP) is 4.67. The number of nitrogens with zero attached hydrogens (tertiary/aromatic N) is 3. The first-order valence-electron chi connectivity index (χ1n) is 10.7. The third-order valence-corrected chi connectivity index (χ3v) is 5.76. The first-order chi connectivity index (χ1) is 13.9. The molecule has 0 spiro atoms. The van der Waals surface area contributed by atoms with Crippen molar-refractivity contribution in [3.05, 3.63) is 65.4 Å². The van der Waals surface area contributed by atoms with E-state index in [0.717, 1.165) is 26.1 Å². The smallest absolute Gasteiger partial charge is 0.0600 e. The van der Waals surface area contributed by atoms with Crippen LogP contribution in [-0.2, 0) is 6.54 Å². The topological polar surface area (TPSA) is 23.4 Å². The fraction of sp³-hybridized carbons (Fsp3) is 0.440. The van der Waals surface area contributed by atoms with Crippen molar-refractivity contribution in [1.29, 1.82) is 0 Å². The van der Waals surface area contributed by atoms with E-state index >= 15 is 0 Å². The number of para-hydroxylation sites is 1. The zero-order valence-electron chi connectivity index (χ0n) is 18.9. The molecule has 0 radical (unpaired) electrons. The Morgan fingerprint density at radius 2 is 1.66 bits per heavy atom. The molecule has 0 saturated carbocycles. The van der Waals surface area contributed by atoms with Gasteiger partial charge in [-0.15, -0.1) is 0 Å². The van der Waals surface area contributed by atoms with Crippen LogP contribution in [0.4, 0.5) is 5.69 Å². The monoisotopic (exact) mass is 392 g/mol. The van der Waals surface area contributed by atoms with Gasteiger partial charge >= 0.3 is 0 Å². The number of rotatable bonds is 9. The lowest BCUT2D eigenvalue weighted by molar-refractivity contribution is 0.391. The van der Waals surface area contributed by atoms with Gasteiger partial charge in [-0.2, -0.15) is 0 Å². The molecule has 0 fully saturated rings. The van der Waals surface area contributed by atoms with E-state index in [9.17, 15) is 0 Å². The second kappa shape index (κ2) is 9.47. The molecule has 0 aliphatic rings. The molecule has 0 amide bonds. The molecular formula is C25H36N4. The van der Waals surface area contributed by atoms with Crippen LogP contribution in [-0.4, -0.2) is 50.7 Å². The summed E-state index contributed by atoms with van der Waals surface area (Å²) in [5.41, 5.74) is 6.64. The highest BCUT2D eigenvalue weighted by Gasteiger charge is 2.22. The minimum absolute atomic E-state index is 0.186. The van der Waals surface area contributed by atoms with Crippen molar-refractivity contribution in [1.82, 2.24) is 14.8 Å². The van der Waals surface area contributed by atoms with Crippen molar-refractivity contribution in [2.75, 3.05) is 46.2 Å². The van der Waals surface area contributed by atoms with Gasteiger partial charge < -0.3 is 19.7 Å². The van der Waals surface area contributed by atoms with Gasteiger partial charge in [0.1, 0.15) is 0 Å². The molecule has 1 heterocycles. The first-order valence-corrected chi connectivity index (χ1v) is 10.7. The Bertz CT molecular complexity index is 922. The molecule has 0 aliphatic carbocycles. The number of hydrogen-bond donors (Lipinski definition) is 1. The largest absolute Gasteiger partial charge is 0.378 e. The fourth-order valence-electron chi connectivity index (χ4n) is 4.22. The molecule has 29 heavy (non-hydrogen) atoms. The van der Waals surface area contributed by atoms with Crippen LogP contribution < -0.4 is 10.2 Å². The number of hydrogen-bond acceptors (Lipinski definition) is 3. The Kier molecular flexibility index (Phi) is 6.99. The minimum atomic E-state index is 0.186. The van der Waals surface area contributed by atoms with E-state index in [4.69, 9.17) is 0 Å². The van der Waals surface area contributed by atoms with Crippen LogP contribution in [0.3, 0.4) is 0 Å². The van der Waals surface area contributed by atoms with Crippen LogP contribution in [0.25, 0.3) is 10.9 Å². The lowest BCUT2D eigenvalue weighted by Crippen LogP contribution is -2.27. The predicted molar refractivity (Wildman–Crippen MR) is 126 cm³/mol. The summed E-state index contributed by atoms with van der Waals surface area (Å²) in [4.78, 5) is 4.40. The molecule has 1 atom stereocenters. The molecule has 0 saturated heterocycles. The Labute approximate surface area is 176 Å². The average molecular weight is 393 g/mol. The van der Waals surface area contributed by atoms with Gasteiger partial charge in [-0.25, -0.2) is 0 Å². The molecule has 1 N–H and O–H groups in total. The lowest BCUT2D eigenvalue weighted by Gasteiger charge is -2.22. The normalized spacial score (nSPS) is 12.7. The number of fused-ring (bicyclic) bond motifs is 1. The molecule has 4 nitrogen and oxygen atoms in total. The molecule has 1 aromatic heterocycles. The summed E-state index contributed by atoms with van der Waals surface area (Å²) in [5.74, 6) is 0. The van der Waals surface area contributed by atoms with Gasteiger partial charge in [0, 0.05) is 48.5 Å². The number of benzene rings is 2. The molecule has 2 aromatic carbocycles. The second-order valence-corrected chi connectivity index (χ2v) is 8.29. The number of anilines is 1. The SMILES string of the molecule is CCn1c(C)c(C(NCCCN(C)C)c2ccc(N(C)C)cc2)c2ccccc21. The summed E-state index contributed by atoms with van der Waals surface area (Å²) in [5, 5.41) is 5.23. The zero-order chi connectivity index (χ0) is 21.0. The quantitative estimate of drug-likeness (QED) is 0.536. The first kappa shape index (κ1) is 21.4. The van der Waals surface area contributed by atoms with Crippen molar-refractivity contribution < 1.29 is 0 Å². The zero-order valence-corrected chi connectivity index (χ0v) is 18.9. The lowest BCUT2D eigenvalue weighted by atomic mass is 9.95. The van der Waals surface area contributed by atoms with Gasteiger partial charge in [-0.05, 0) is 71.2 Å². The van der Waals surface area contributed by atoms with Crippen molar-refractivity contribution in [3.8, 4) is 0 Å². The maximum absolute atomic E-state index is 3.87. The molecular weight excluding hydrogens is 356 g/mol. The minimum Gasteiger partial charge on any atom is -0.378 e. The van der Waals surface area contributed by atoms with Gasteiger partial charge in [-0.1, -0.05) is 30.3 Å². The molecule has 156 valence electrons. The summed E-state index contributed by atoms with van der Waals surface area (Å²) < 4.78 is 2.44. The summed E-state index contributed by atoms with van der Waals surface area (Å²) in [7, 11) is 8.45. The number of aromatic nitrogens is 1. The molecule has 0 bridgehead atoms. The summed E-state index contributed by atoms with van der Waals surface area (Å²) in [6, 6.07) is 18.0. The van der Waals surface area contributed by atoms with Gasteiger partial charge in [0.2, 0.25) is 0 Å². The van der Waals surface area contributed by atoms with E-state index in [0.29, 0.717) is 0 Å². The van der Waals surface area contributed by atoms with Crippen molar-refractivity contribution in [2.24, 2.45) is 0 Å². The highest BCUT2D eigenvalue weighted by atomic mass is 15.1. The van der Waals surface area contributed by atoms with Crippen LogP contribution in [0.1, 0.15) is 36.2 Å². The molecule has 3 rings (SSSR count). The molecule has 0 aliphatic heterocycles. The van der Waals surface area contributed by atoms with Crippen molar-refractivity contribution in [3.63, 3.8) is 0 Å². The van der Waals surface area contributed by atoms with Crippen LogP contribution in [0.15, 0.2) is 48.5 Å². The fourth-order valence-corrected chi connectivity index (χ4v) is 4.22. The van der Waals surface area contributed by atoms with E-state index in [2.05, 4.69) is 110 Å². The van der Waals surface area contributed by atoms with Gasteiger partial charge in [0.15, 0.2) is 0 Å². The van der Waals surface area contributed by atoms with Gasteiger partial charge in [0.25, 0.3) is 0 Å². The molecule has 4 heteroatoms. The number of aryl methyl sites for hydroxylation is 1. The summed E-state index contributed by atoms with van der Waals surface area (Å²) in [6.07, 6.45) is 1.13. The third kappa shape index (κ3) is 4.65.